The number of aryl methyl sites for hydroxylation is 2. The van der Waals surface area contributed by atoms with E-state index >= 15 is 0 Å². The molecular weight excluding hydrogens is 465 g/mol. The van der Waals surface area contributed by atoms with Crippen LogP contribution in [0.1, 0.15) is 46.4 Å². The monoisotopic (exact) mass is 497 g/mol. The fraction of sp³-hybridized carbons (Fsp3) is 0.323. The van der Waals surface area contributed by atoms with Crippen LogP contribution in [0.5, 0.6) is 11.5 Å². The maximum Gasteiger partial charge on any atom is 0.137 e. The molecule has 2 aromatic carbocycles. The molecule has 2 aromatic heterocycles. The van der Waals surface area contributed by atoms with E-state index in [1.807, 2.05) is 12.1 Å². The second kappa shape index (κ2) is 9.67. The maximum atomic E-state index is 12.8. The van der Waals surface area contributed by atoms with Gasteiger partial charge in [0.1, 0.15) is 17.1 Å². The summed E-state index contributed by atoms with van der Waals surface area (Å²) in [5.41, 5.74) is 10.2. The van der Waals surface area contributed by atoms with Gasteiger partial charge < -0.3 is 14.2 Å². The van der Waals surface area contributed by atoms with Gasteiger partial charge in [0.2, 0.25) is 0 Å². The molecule has 0 saturated carbocycles. The number of imidazole rings is 1. The first kappa shape index (κ1) is 23.7. The Bertz CT molecular complexity index is 1500. The molecule has 190 valence electrons. The SMILES string of the molecule is COc1ccc(C2=C(c3ccn4cc(CN5CC(CF)C5)nc4c3)c3ccc(O)cc3CCC2)c(C)c1. The van der Waals surface area contributed by atoms with Gasteiger partial charge in [-0.1, -0.05) is 12.1 Å². The molecule has 3 heterocycles. The second-order valence-corrected chi connectivity index (χ2v) is 10.4. The number of nitrogens with zero attached hydrogens (tertiary/aromatic N) is 3. The predicted octanol–water partition coefficient (Wildman–Crippen LogP) is 6.05. The van der Waals surface area contributed by atoms with Crippen molar-refractivity contribution in [3.63, 3.8) is 0 Å². The first-order valence-electron chi connectivity index (χ1n) is 13.0. The topological polar surface area (TPSA) is 50.0 Å². The van der Waals surface area contributed by atoms with E-state index in [1.54, 1.807) is 13.2 Å². The average Bonchev–Trinajstić information content (AvgIpc) is 3.18. The highest BCUT2D eigenvalue weighted by Crippen LogP contribution is 2.42. The number of pyridine rings is 1. The summed E-state index contributed by atoms with van der Waals surface area (Å²) in [4.78, 5) is 7.16. The Morgan fingerprint density at radius 2 is 1.89 bits per heavy atom. The average molecular weight is 498 g/mol. The van der Waals surface area contributed by atoms with Crippen LogP contribution in [0, 0.1) is 12.8 Å². The van der Waals surface area contributed by atoms with Crippen LogP contribution in [-0.2, 0) is 13.0 Å². The molecule has 6 heteroatoms. The van der Waals surface area contributed by atoms with Gasteiger partial charge in [0.15, 0.2) is 0 Å². The molecule has 0 spiro atoms. The number of ether oxygens (including phenoxy) is 1. The zero-order chi connectivity index (χ0) is 25.5. The largest absolute Gasteiger partial charge is 0.508 e. The molecule has 6 rings (SSSR count). The van der Waals surface area contributed by atoms with Crippen molar-refractivity contribution in [1.29, 1.82) is 0 Å². The molecule has 0 bridgehead atoms. The van der Waals surface area contributed by atoms with E-state index in [9.17, 15) is 9.50 Å². The smallest absolute Gasteiger partial charge is 0.137 e. The van der Waals surface area contributed by atoms with Gasteiger partial charge in [-0.05, 0) is 102 Å². The summed E-state index contributed by atoms with van der Waals surface area (Å²) < 4.78 is 20.4. The molecule has 0 radical (unpaired) electrons. The first-order valence-corrected chi connectivity index (χ1v) is 13.0. The van der Waals surface area contributed by atoms with Gasteiger partial charge in [-0.2, -0.15) is 0 Å². The number of allylic oxidation sites excluding steroid dienone is 1. The van der Waals surface area contributed by atoms with Crippen molar-refractivity contribution in [2.75, 3.05) is 26.9 Å². The quantitative estimate of drug-likeness (QED) is 0.352. The van der Waals surface area contributed by atoms with Crippen LogP contribution >= 0.6 is 0 Å². The number of aromatic nitrogens is 2. The normalized spacial score (nSPS) is 16.5. The number of hydrogen-bond donors (Lipinski definition) is 1. The minimum atomic E-state index is -0.241. The van der Waals surface area contributed by atoms with E-state index in [1.165, 1.54) is 27.8 Å². The molecule has 0 amide bonds. The van der Waals surface area contributed by atoms with Crippen molar-refractivity contribution < 1.29 is 14.2 Å². The Balaban J connectivity index is 1.47. The van der Waals surface area contributed by atoms with Crippen molar-refractivity contribution in [2.24, 2.45) is 5.92 Å². The van der Waals surface area contributed by atoms with Gasteiger partial charge in [-0.25, -0.2) is 4.98 Å². The van der Waals surface area contributed by atoms with Crippen LogP contribution in [-0.4, -0.2) is 46.3 Å². The number of aromatic hydroxyl groups is 1. The van der Waals surface area contributed by atoms with E-state index in [2.05, 4.69) is 58.9 Å². The number of phenolic OH excluding ortho intramolecular Hbond substituents is 1. The van der Waals surface area contributed by atoms with Crippen molar-refractivity contribution in [3.05, 3.63) is 94.4 Å². The summed E-state index contributed by atoms with van der Waals surface area (Å²) in [6.07, 6.45) is 7.01. The molecule has 5 nitrogen and oxygen atoms in total. The van der Waals surface area contributed by atoms with Crippen molar-refractivity contribution in [3.8, 4) is 11.5 Å². The van der Waals surface area contributed by atoms with Crippen LogP contribution in [0.15, 0.2) is 60.9 Å². The van der Waals surface area contributed by atoms with Crippen LogP contribution < -0.4 is 4.74 Å². The molecule has 2 aliphatic rings. The van der Waals surface area contributed by atoms with Crippen LogP contribution in [0.25, 0.3) is 16.8 Å². The van der Waals surface area contributed by atoms with Gasteiger partial charge >= 0.3 is 0 Å². The lowest BCUT2D eigenvalue weighted by molar-refractivity contribution is 0.0727. The molecular formula is C31H32FN3O2. The van der Waals surface area contributed by atoms with Crippen molar-refractivity contribution in [2.45, 2.75) is 32.7 Å². The Morgan fingerprint density at radius 3 is 2.68 bits per heavy atom. The standard InChI is InChI=1S/C31H32FN3O2/c1-20-12-26(37-2)7-9-27(20)29-5-3-4-22-13-25(36)6-8-28(22)31(29)23-10-11-35-19-24(33-30(35)14-23)18-34-16-21(15-32)17-34/h6-14,19,21,36H,3-5,15-18H2,1-2H3. The number of alkyl halides is 1. The number of halogens is 1. The fourth-order valence-electron chi connectivity index (χ4n) is 5.87. The molecule has 1 N–H and O–H groups in total. The van der Waals surface area contributed by atoms with E-state index in [4.69, 9.17) is 9.72 Å². The van der Waals surface area contributed by atoms with Gasteiger partial charge in [0, 0.05) is 37.9 Å². The molecule has 0 atom stereocenters. The Hall–Kier alpha value is -3.64. The summed E-state index contributed by atoms with van der Waals surface area (Å²) in [6, 6.07) is 16.4. The molecule has 1 aliphatic heterocycles. The first-order chi connectivity index (χ1) is 18.0. The minimum absolute atomic E-state index is 0.171. The van der Waals surface area contributed by atoms with Crippen LogP contribution in [0.3, 0.4) is 0 Å². The van der Waals surface area contributed by atoms with Crippen LogP contribution in [0.2, 0.25) is 0 Å². The Morgan fingerprint density at radius 1 is 1.05 bits per heavy atom. The second-order valence-electron chi connectivity index (χ2n) is 10.4. The number of likely N-dealkylation sites (tertiary alicyclic amines) is 1. The number of phenols is 1. The molecule has 4 aromatic rings. The Kier molecular flexibility index (Phi) is 6.21. The third kappa shape index (κ3) is 4.51. The summed E-state index contributed by atoms with van der Waals surface area (Å²) >= 11 is 0. The fourth-order valence-corrected chi connectivity index (χ4v) is 5.87. The highest BCUT2D eigenvalue weighted by molar-refractivity contribution is 6.00. The van der Waals surface area contributed by atoms with E-state index in [-0.39, 0.29) is 12.6 Å². The number of hydrogen-bond acceptors (Lipinski definition) is 4. The molecule has 1 saturated heterocycles. The van der Waals surface area contributed by atoms with Crippen LogP contribution in [0.4, 0.5) is 4.39 Å². The molecule has 0 unspecified atom stereocenters. The van der Waals surface area contributed by atoms with Gasteiger partial charge in [0.25, 0.3) is 0 Å². The summed E-state index contributed by atoms with van der Waals surface area (Å²) in [5.74, 6) is 1.33. The van der Waals surface area contributed by atoms with Gasteiger partial charge in [-0.3, -0.25) is 9.29 Å². The zero-order valence-electron chi connectivity index (χ0n) is 21.4. The highest BCUT2D eigenvalue weighted by Gasteiger charge is 2.27. The lowest BCUT2D eigenvalue weighted by Gasteiger charge is -2.37. The lowest BCUT2D eigenvalue weighted by atomic mass is 9.86. The summed E-state index contributed by atoms with van der Waals surface area (Å²) in [6.45, 7) is 4.25. The van der Waals surface area contributed by atoms with E-state index < -0.39 is 0 Å². The van der Waals surface area contributed by atoms with Gasteiger partial charge in [0.05, 0.1) is 19.5 Å². The highest BCUT2D eigenvalue weighted by atomic mass is 19.1. The van der Waals surface area contributed by atoms with Crippen molar-refractivity contribution >= 4 is 16.8 Å². The van der Waals surface area contributed by atoms with Crippen molar-refractivity contribution in [1.82, 2.24) is 14.3 Å². The number of methoxy groups -OCH3 is 1. The number of rotatable bonds is 6. The number of fused-ring (bicyclic) bond motifs is 2. The third-order valence-electron chi connectivity index (χ3n) is 7.73. The Labute approximate surface area is 216 Å². The number of benzene rings is 2. The van der Waals surface area contributed by atoms with E-state index in [0.29, 0.717) is 5.75 Å². The maximum absolute atomic E-state index is 12.8. The molecule has 1 fully saturated rings. The zero-order valence-corrected chi connectivity index (χ0v) is 21.4. The lowest BCUT2D eigenvalue weighted by Crippen LogP contribution is -2.46. The summed E-state index contributed by atoms with van der Waals surface area (Å²) in [5, 5.41) is 10.2. The van der Waals surface area contributed by atoms with Gasteiger partial charge in [-0.15, -0.1) is 0 Å². The summed E-state index contributed by atoms with van der Waals surface area (Å²) in [7, 11) is 1.70. The molecule has 1 aliphatic carbocycles. The third-order valence-corrected chi connectivity index (χ3v) is 7.73. The molecule has 37 heavy (non-hydrogen) atoms. The minimum Gasteiger partial charge on any atom is -0.508 e. The van der Waals surface area contributed by atoms with E-state index in [0.717, 1.165) is 67.1 Å². The predicted molar refractivity (Wildman–Crippen MR) is 145 cm³/mol.